The molecule has 1 unspecified atom stereocenters. The number of aliphatic hydroxyl groups is 1. The third-order valence-electron chi connectivity index (χ3n) is 4.78. The molecule has 1 aliphatic rings. The van der Waals surface area contributed by atoms with Gasteiger partial charge in [-0.1, -0.05) is 32.9 Å². The number of hydrogen-bond acceptors (Lipinski definition) is 3. The van der Waals surface area contributed by atoms with Crippen LogP contribution in [0, 0.1) is 0 Å². The first kappa shape index (κ1) is 19.6. The van der Waals surface area contributed by atoms with E-state index < -0.39 is 0 Å². The summed E-state index contributed by atoms with van der Waals surface area (Å²) in [7, 11) is 0. The maximum atomic E-state index is 11.9. The number of urea groups is 1. The second-order valence-corrected chi connectivity index (χ2v) is 8.10. The number of rotatable bonds is 5. The Bertz CT molecular complexity index is 541. The molecule has 1 fully saturated rings. The molecule has 1 aromatic rings. The number of carbonyl (C=O) groups is 1. The third-order valence-corrected chi connectivity index (χ3v) is 4.78. The molecule has 0 aliphatic carbocycles. The highest BCUT2D eigenvalue weighted by Gasteiger charge is 2.21. The molecule has 1 atom stereocenters. The number of amides is 2. The predicted molar refractivity (Wildman–Crippen MR) is 103 cm³/mol. The van der Waals surface area contributed by atoms with Crippen molar-refractivity contribution in [1.29, 1.82) is 0 Å². The highest BCUT2D eigenvalue weighted by Crippen LogP contribution is 2.26. The first-order valence-electron chi connectivity index (χ1n) is 9.33. The van der Waals surface area contributed by atoms with Crippen molar-refractivity contribution in [2.45, 2.75) is 64.5 Å². The van der Waals surface area contributed by atoms with Gasteiger partial charge in [-0.05, 0) is 49.3 Å². The lowest BCUT2D eigenvalue weighted by Crippen LogP contribution is -2.48. The fourth-order valence-corrected chi connectivity index (χ4v) is 3.09. The van der Waals surface area contributed by atoms with Crippen LogP contribution in [0.2, 0.25) is 0 Å². The molecule has 2 amide bonds. The number of aliphatic hydroxyl groups excluding tert-OH is 1. The minimum absolute atomic E-state index is 0.131. The molecule has 0 spiro atoms. The average Bonchev–Trinajstić information content (AvgIpc) is 2.54. The monoisotopic (exact) mass is 347 g/mol. The van der Waals surface area contributed by atoms with Crippen LogP contribution in [0.25, 0.3) is 0 Å². The number of hydrogen-bond donors (Lipinski definition) is 3. The van der Waals surface area contributed by atoms with Gasteiger partial charge in [0.1, 0.15) is 0 Å². The van der Waals surface area contributed by atoms with Gasteiger partial charge in [-0.15, -0.1) is 0 Å². The standard InChI is InChI=1S/C20H33N3O2/c1-15(24)9-12-21-19(25)22-17-10-13-23(14-11-17)18-7-5-16(6-8-18)20(2,3)4/h5-8,15,17,24H,9-14H2,1-4H3,(H2,21,22,25). The summed E-state index contributed by atoms with van der Waals surface area (Å²) in [6.07, 6.45) is 2.10. The van der Waals surface area contributed by atoms with E-state index in [0.29, 0.717) is 13.0 Å². The zero-order valence-corrected chi connectivity index (χ0v) is 16.0. The molecule has 1 saturated heterocycles. The van der Waals surface area contributed by atoms with Crippen molar-refractivity contribution in [3.8, 4) is 0 Å². The first-order chi connectivity index (χ1) is 11.8. The Balaban J connectivity index is 1.76. The Kier molecular flexibility index (Phi) is 6.71. The molecular formula is C20H33N3O2. The van der Waals surface area contributed by atoms with Crippen molar-refractivity contribution < 1.29 is 9.90 Å². The summed E-state index contributed by atoms with van der Waals surface area (Å²) >= 11 is 0. The summed E-state index contributed by atoms with van der Waals surface area (Å²) in [5.41, 5.74) is 2.78. The van der Waals surface area contributed by atoms with E-state index in [4.69, 9.17) is 0 Å². The summed E-state index contributed by atoms with van der Waals surface area (Å²) in [6, 6.07) is 8.93. The van der Waals surface area contributed by atoms with Gasteiger partial charge in [-0.2, -0.15) is 0 Å². The summed E-state index contributed by atoms with van der Waals surface area (Å²) in [4.78, 5) is 14.2. The Morgan fingerprint density at radius 1 is 1.24 bits per heavy atom. The van der Waals surface area contributed by atoms with E-state index in [0.717, 1.165) is 25.9 Å². The van der Waals surface area contributed by atoms with E-state index in [2.05, 4.69) is 60.6 Å². The molecular weight excluding hydrogens is 314 g/mol. The van der Waals surface area contributed by atoms with Gasteiger partial charge in [0.15, 0.2) is 0 Å². The second kappa shape index (κ2) is 8.56. The zero-order valence-electron chi connectivity index (χ0n) is 16.0. The quantitative estimate of drug-likeness (QED) is 0.767. The van der Waals surface area contributed by atoms with E-state index in [1.807, 2.05) is 0 Å². The van der Waals surface area contributed by atoms with Crippen molar-refractivity contribution in [2.24, 2.45) is 0 Å². The van der Waals surface area contributed by atoms with E-state index in [9.17, 15) is 9.90 Å². The summed E-state index contributed by atoms with van der Waals surface area (Å²) in [5, 5.41) is 15.0. The molecule has 0 radical (unpaired) electrons. The van der Waals surface area contributed by atoms with E-state index in [1.165, 1.54) is 11.3 Å². The molecule has 3 N–H and O–H groups in total. The Hall–Kier alpha value is -1.75. The number of nitrogens with zero attached hydrogens (tertiary/aromatic N) is 1. The molecule has 25 heavy (non-hydrogen) atoms. The van der Waals surface area contributed by atoms with Gasteiger partial charge < -0.3 is 20.6 Å². The molecule has 2 rings (SSSR count). The van der Waals surface area contributed by atoms with Crippen molar-refractivity contribution in [1.82, 2.24) is 10.6 Å². The molecule has 5 nitrogen and oxygen atoms in total. The van der Waals surface area contributed by atoms with Crippen molar-refractivity contribution in [3.05, 3.63) is 29.8 Å². The fraction of sp³-hybridized carbons (Fsp3) is 0.650. The molecule has 1 aromatic carbocycles. The van der Waals surface area contributed by atoms with Crippen molar-refractivity contribution >= 4 is 11.7 Å². The Morgan fingerprint density at radius 2 is 1.84 bits per heavy atom. The normalized spacial score (nSPS) is 17.2. The van der Waals surface area contributed by atoms with Crippen molar-refractivity contribution in [3.63, 3.8) is 0 Å². The highest BCUT2D eigenvalue weighted by atomic mass is 16.3. The predicted octanol–water partition coefficient (Wildman–Crippen LogP) is 3.02. The van der Waals surface area contributed by atoms with Gasteiger partial charge in [-0.25, -0.2) is 4.79 Å². The average molecular weight is 348 g/mol. The number of benzene rings is 1. The third kappa shape index (κ3) is 6.24. The van der Waals surface area contributed by atoms with E-state index in [1.54, 1.807) is 6.92 Å². The lowest BCUT2D eigenvalue weighted by atomic mass is 9.87. The van der Waals surface area contributed by atoms with Crippen LogP contribution in [0.1, 0.15) is 52.5 Å². The smallest absolute Gasteiger partial charge is 0.315 e. The van der Waals surface area contributed by atoms with Crippen LogP contribution in [0.15, 0.2) is 24.3 Å². The van der Waals surface area contributed by atoms with Crippen LogP contribution in [-0.4, -0.2) is 42.9 Å². The number of nitrogens with one attached hydrogen (secondary N) is 2. The lowest BCUT2D eigenvalue weighted by Gasteiger charge is -2.34. The lowest BCUT2D eigenvalue weighted by molar-refractivity contribution is 0.183. The molecule has 1 heterocycles. The highest BCUT2D eigenvalue weighted by molar-refractivity contribution is 5.74. The van der Waals surface area contributed by atoms with Gasteiger partial charge in [0, 0.05) is 31.4 Å². The Morgan fingerprint density at radius 3 is 2.36 bits per heavy atom. The van der Waals surface area contributed by atoms with Gasteiger partial charge in [0.25, 0.3) is 0 Å². The zero-order chi connectivity index (χ0) is 18.4. The maximum Gasteiger partial charge on any atom is 0.315 e. The van der Waals surface area contributed by atoms with E-state index >= 15 is 0 Å². The van der Waals surface area contributed by atoms with Gasteiger partial charge in [-0.3, -0.25) is 0 Å². The van der Waals surface area contributed by atoms with Gasteiger partial charge in [0.2, 0.25) is 0 Å². The van der Waals surface area contributed by atoms with Crippen LogP contribution in [0.5, 0.6) is 0 Å². The Labute approximate surface area is 151 Å². The maximum absolute atomic E-state index is 11.9. The first-order valence-corrected chi connectivity index (χ1v) is 9.33. The summed E-state index contributed by atoms with van der Waals surface area (Å²) in [5.74, 6) is 0. The molecule has 5 heteroatoms. The topological polar surface area (TPSA) is 64.6 Å². The van der Waals surface area contributed by atoms with Crippen LogP contribution in [-0.2, 0) is 5.41 Å². The van der Waals surface area contributed by atoms with Crippen molar-refractivity contribution in [2.75, 3.05) is 24.5 Å². The minimum atomic E-state index is -0.381. The van der Waals surface area contributed by atoms with E-state index in [-0.39, 0.29) is 23.6 Å². The van der Waals surface area contributed by atoms with Crippen LogP contribution in [0.4, 0.5) is 10.5 Å². The number of anilines is 1. The fourth-order valence-electron chi connectivity index (χ4n) is 3.09. The molecule has 0 saturated carbocycles. The van der Waals surface area contributed by atoms with Gasteiger partial charge in [0.05, 0.1) is 6.10 Å². The van der Waals surface area contributed by atoms with Crippen LogP contribution < -0.4 is 15.5 Å². The SMILES string of the molecule is CC(O)CCNC(=O)NC1CCN(c2ccc(C(C)(C)C)cc2)CC1. The number of carbonyl (C=O) groups excluding carboxylic acids is 1. The minimum Gasteiger partial charge on any atom is -0.393 e. The van der Waals surface area contributed by atoms with Crippen LogP contribution >= 0.6 is 0 Å². The molecule has 140 valence electrons. The van der Waals surface area contributed by atoms with Crippen LogP contribution in [0.3, 0.4) is 0 Å². The summed E-state index contributed by atoms with van der Waals surface area (Å²) in [6.45, 7) is 10.8. The second-order valence-electron chi connectivity index (χ2n) is 8.10. The summed E-state index contributed by atoms with van der Waals surface area (Å²) < 4.78 is 0. The number of piperidine rings is 1. The molecule has 0 bridgehead atoms. The molecule has 1 aliphatic heterocycles. The molecule has 0 aromatic heterocycles. The largest absolute Gasteiger partial charge is 0.393 e. The van der Waals surface area contributed by atoms with Gasteiger partial charge >= 0.3 is 6.03 Å².